The van der Waals surface area contributed by atoms with Crippen molar-refractivity contribution in [3.8, 4) is 0 Å². The molecule has 164 valence electrons. The summed E-state index contributed by atoms with van der Waals surface area (Å²) in [6.07, 6.45) is -3.58. The molecule has 5 N–H and O–H groups in total. The van der Waals surface area contributed by atoms with E-state index in [-0.39, 0.29) is 17.1 Å². The number of nitrogens with zero attached hydrogens (tertiary/aromatic N) is 3. The maximum absolute atomic E-state index is 12.9. The molecular weight excluding hydrogens is 418 g/mol. The van der Waals surface area contributed by atoms with Crippen molar-refractivity contribution in [2.45, 2.75) is 24.5 Å². The third-order valence-corrected chi connectivity index (χ3v) is 5.49. The molecule has 0 radical (unpaired) electrons. The Labute approximate surface area is 179 Å². The SMILES string of the molecule is O=C(Nc1nc2c(ncn2[C@@H]2O[C@H](CO)[C@@H](O)[C@H]2O)c(=O)[nH]1)c1cccc2ccccc12. The summed E-state index contributed by atoms with van der Waals surface area (Å²) < 4.78 is 6.78. The van der Waals surface area contributed by atoms with Crippen molar-refractivity contribution in [3.63, 3.8) is 0 Å². The van der Waals surface area contributed by atoms with Crippen LogP contribution in [0.5, 0.6) is 0 Å². The molecule has 4 aromatic rings. The van der Waals surface area contributed by atoms with Crippen molar-refractivity contribution in [1.29, 1.82) is 0 Å². The number of ether oxygens (including phenoxy) is 1. The van der Waals surface area contributed by atoms with E-state index in [1.54, 1.807) is 12.1 Å². The van der Waals surface area contributed by atoms with E-state index >= 15 is 0 Å². The summed E-state index contributed by atoms with van der Waals surface area (Å²) in [6, 6.07) is 12.7. The summed E-state index contributed by atoms with van der Waals surface area (Å²) in [5.74, 6) is -0.586. The van der Waals surface area contributed by atoms with Crippen molar-refractivity contribution < 1.29 is 24.9 Å². The quantitative estimate of drug-likeness (QED) is 0.301. The van der Waals surface area contributed by atoms with Gasteiger partial charge in [-0.15, -0.1) is 0 Å². The average molecular weight is 437 g/mol. The molecule has 3 heterocycles. The number of hydrogen-bond donors (Lipinski definition) is 5. The normalized spacial score (nSPS) is 23.1. The molecule has 11 nitrogen and oxygen atoms in total. The summed E-state index contributed by atoms with van der Waals surface area (Å²) in [4.78, 5) is 36.2. The number of imidazole rings is 1. The van der Waals surface area contributed by atoms with Crippen molar-refractivity contribution in [1.82, 2.24) is 19.5 Å². The van der Waals surface area contributed by atoms with Gasteiger partial charge in [0.05, 0.1) is 12.9 Å². The highest BCUT2D eigenvalue weighted by molar-refractivity contribution is 6.12. The number of nitrogens with one attached hydrogen (secondary N) is 2. The standard InChI is InChI=1S/C21H19N5O6/c27-8-13-15(28)16(29)20(32-13)26-9-22-14-17(26)23-21(25-19(14)31)24-18(30)12-7-3-5-10-4-1-2-6-11(10)12/h1-7,9,13,15-16,20,27-29H,8H2,(H2,23,24,25,30,31)/t13-,15-,16-,20-/m1/s1. The lowest BCUT2D eigenvalue weighted by Gasteiger charge is -2.16. The summed E-state index contributed by atoms with van der Waals surface area (Å²) in [5.41, 5.74) is -0.195. The monoisotopic (exact) mass is 437 g/mol. The summed E-state index contributed by atoms with van der Waals surface area (Å²) in [6.45, 7) is -0.498. The van der Waals surface area contributed by atoms with E-state index in [9.17, 15) is 24.9 Å². The molecule has 4 atom stereocenters. The van der Waals surface area contributed by atoms with Crippen LogP contribution in [-0.4, -0.2) is 65.7 Å². The van der Waals surface area contributed by atoms with Gasteiger partial charge < -0.3 is 20.1 Å². The second kappa shape index (κ2) is 7.80. The van der Waals surface area contributed by atoms with Crippen LogP contribution in [0.1, 0.15) is 16.6 Å². The zero-order valence-electron chi connectivity index (χ0n) is 16.5. The Kier molecular flexibility index (Phi) is 4.94. The largest absolute Gasteiger partial charge is 0.394 e. The minimum absolute atomic E-state index is 0.0362. The number of carbonyl (C=O) groups excluding carboxylic acids is 1. The maximum Gasteiger partial charge on any atom is 0.280 e. The van der Waals surface area contributed by atoms with E-state index in [4.69, 9.17) is 4.74 Å². The first-order valence-electron chi connectivity index (χ1n) is 9.86. The van der Waals surface area contributed by atoms with Crippen LogP contribution in [0.25, 0.3) is 21.9 Å². The molecule has 0 bridgehead atoms. The molecule has 1 aliphatic heterocycles. The molecule has 0 aliphatic carbocycles. The highest BCUT2D eigenvalue weighted by Gasteiger charge is 2.44. The van der Waals surface area contributed by atoms with Gasteiger partial charge in [-0.25, -0.2) is 4.98 Å². The van der Waals surface area contributed by atoms with Gasteiger partial charge in [0, 0.05) is 5.56 Å². The number of fused-ring (bicyclic) bond motifs is 2. The molecule has 32 heavy (non-hydrogen) atoms. The van der Waals surface area contributed by atoms with Crippen LogP contribution in [0.4, 0.5) is 5.95 Å². The number of carbonyl (C=O) groups is 1. The molecule has 11 heteroatoms. The van der Waals surface area contributed by atoms with Gasteiger partial charge in [-0.3, -0.25) is 24.5 Å². The highest BCUT2D eigenvalue weighted by atomic mass is 16.6. The third-order valence-electron chi connectivity index (χ3n) is 5.49. The first-order chi connectivity index (χ1) is 15.5. The first kappa shape index (κ1) is 20.3. The minimum Gasteiger partial charge on any atom is -0.394 e. The molecule has 2 aromatic heterocycles. The van der Waals surface area contributed by atoms with E-state index in [1.807, 2.05) is 30.3 Å². The molecule has 1 saturated heterocycles. The number of anilines is 1. The number of amides is 1. The molecule has 0 unspecified atom stereocenters. The lowest BCUT2D eigenvalue weighted by molar-refractivity contribution is -0.0511. The van der Waals surface area contributed by atoms with Crippen LogP contribution in [0.15, 0.2) is 53.6 Å². The Morgan fingerprint density at radius 3 is 2.72 bits per heavy atom. The van der Waals surface area contributed by atoms with Crippen LogP contribution in [0.3, 0.4) is 0 Å². The number of aliphatic hydroxyl groups excluding tert-OH is 3. The Balaban J connectivity index is 1.51. The van der Waals surface area contributed by atoms with Gasteiger partial charge >= 0.3 is 0 Å². The lowest BCUT2D eigenvalue weighted by Crippen LogP contribution is -2.33. The Morgan fingerprint density at radius 2 is 1.94 bits per heavy atom. The predicted octanol–water partition coefficient (Wildman–Crippen LogP) is 0.137. The van der Waals surface area contributed by atoms with E-state index in [1.165, 1.54) is 10.9 Å². The number of aliphatic hydroxyl groups is 3. The van der Waals surface area contributed by atoms with Gasteiger partial charge in [-0.05, 0) is 16.8 Å². The highest BCUT2D eigenvalue weighted by Crippen LogP contribution is 2.31. The molecular formula is C21H19N5O6. The number of hydrogen-bond acceptors (Lipinski definition) is 8. The van der Waals surface area contributed by atoms with Crippen LogP contribution >= 0.6 is 0 Å². The number of rotatable bonds is 4. The van der Waals surface area contributed by atoms with Crippen molar-refractivity contribution in [2.75, 3.05) is 11.9 Å². The number of benzene rings is 2. The van der Waals surface area contributed by atoms with Gasteiger partial charge in [0.2, 0.25) is 5.95 Å². The zero-order chi connectivity index (χ0) is 22.4. The van der Waals surface area contributed by atoms with Crippen LogP contribution in [0, 0.1) is 0 Å². The van der Waals surface area contributed by atoms with E-state index in [2.05, 4.69) is 20.3 Å². The predicted molar refractivity (Wildman–Crippen MR) is 113 cm³/mol. The van der Waals surface area contributed by atoms with Crippen molar-refractivity contribution in [2.24, 2.45) is 0 Å². The maximum atomic E-state index is 12.9. The van der Waals surface area contributed by atoms with Crippen LogP contribution in [0.2, 0.25) is 0 Å². The fourth-order valence-corrected chi connectivity index (χ4v) is 3.88. The average Bonchev–Trinajstić information content (AvgIpc) is 3.34. The fourth-order valence-electron chi connectivity index (χ4n) is 3.88. The second-order valence-corrected chi connectivity index (χ2v) is 7.45. The second-order valence-electron chi connectivity index (χ2n) is 7.45. The minimum atomic E-state index is -1.38. The first-order valence-corrected chi connectivity index (χ1v) is 9.86. The Morgan fingerprint density at radius 1 is 1.16 bits per heavy atom. The summed E-state index contributed by atoms with van der Waals surface area (Å²) >= 11 is 0. The van der Waals surface area contributed by atoms with Gasteiger partial charge in [0.25, 0.3) is 11.5 Å². The van der Waals surface area contributed by atoms with Gasteiger partial charge in [0.1, 0.15) is 18.3 Å². The molecule has 1 fully saturated rings. The number of aromatic amines is 1. The molecule has 5 rings (SSSR count). The third kappa shape index (κ3) is 3.24. The van der Waals surface area contributed by atoms with E-state index < -0.39 is 42.6 Å². The smallest absolute Gasteiger partial charge is 0.280 e. The summed E-state index contributed by atoms with van der Waals surface area (Å²) in [5, 5.41) is 33.9. The van der Waals surface area contributed by atoms with E-state index in [0.717, 1.165) is 10.8 Å². The molecule has 0 saturated carbocycles. The Bertz CT molecular complexity index is 1380. The van der Waals surface area contributed by atoms with Gasteiger partial charge in [0.15, 0.2) is 17.4 Å². The van der Waals surface area contributed by atoms with Gasteiger partial charge in [-0.2, -0.15) is 4.98 Å². The van der Waals surface area contributed by atoms with Crippen LogP contribution < -0.4 is 10.9 Å². The van der Waals surface area contributed by atoms with Gasteiger partial charge in [-0.1, -0.05) is 36.4 Å². The number of H-pyrrole nitrogens is 1. The van der Waals surface area contributed by atoms with Crippen LogP contribution in [-0.2, 0) is 4.74 Å². The van der Waals surface area contributed by atoms with E-state index in [0.29, 0.717) is 5.56 Å². The molecule has 1 aliphatic rings. The van der Waals surface area contributed by atoms with Crippen molar-refractivity contribution in [3.05, 3.63) is 64.7 Å². The molecule has 0 spiro atoms. The number of aromatic nitrogens is 4. The zero-order valence-corrected chi connectivity index (χ0v) is 16.5. The topological polar surface area (TPSA) is 163 Å². The molecule has 1 amide bonds. The van der Waals surface area contributed by atoms with Crippen molar-refractivity contribution >= 4 is 33.8 Å². The fraction of sp³-hybridized carbons (Fsp3) is 0.238. The molecule has 2 aromatic carbocycles. The summed E-state index contributed by atoms with van der Waals surface area (Å²) in [7, 11) is 0. The Hall–Kier alpha value is -3.64. The lowest BCUT2D eigenvalue weighted by atomic mass is 10.0.